The summed E-state index contributed by atoms with van der Waals surface area (Å²) in [5, 5.41) is 0.167. The van der Waals surface area contributed by atoms with Crippen molar-refractivity contribution in [3.05, 3.63) is 0 Å². The fraction of sp³-hybridized carbons (Fsp3) is 0.905. The lowest BCUT2D eigenvalue weighted by Crippen LogP contribution is -2.46. The van der Waals surface area contributed by atoms with E-state index in [-0.39, 0.29) is 34.4 Å². The molecule has 1 aliphatic rings. The van der Waals surface area contributed by atoms with Crippen molar-refractivity contribution in [1.29, 1.82) is 0 Å². The summed E-state index contributed by atoms with van der Waals surface area (Å²) in [7, 11) is -1.83. The molecule has 4 heteroatoms. The van der Waals surface area contributed by atoms with Crippen LogP contribution in [0.25, 0.3) is 0 Å². The number of ketones is 2. The number of hydrogen-bond donors (Lipinski definition) is 0. The standard InChI is InChI=1S/C21H40O3Si/c1-15(2)10-9-11-16(3)19-17(12-13-18(22)20(19)23)14-24-25(7,8)21(4,5)6/h15-17,19H,9-14H2,1-8H3/t16?,17-,19-/m1/s1. The quantitative estimate of drug-likeness (QED) is 0.411. The van der Waals surface area contributed by atoms with Gasteiger partial charge < -0.3 is 4.43 Å². The predicted molar refractivity (Wildman–Crippen MR) is 107 cm³/mol. The van der Waals surface area contributed by atoms with Crippen molar-refractivity contribution in [2.24, 2.45) is 23.7 Å². The van der Waals surface area contributed by atoms with Gasteiger partial charge in [-0.2, -0.15) is 0 Å². The lowest BCUT2D eigenvalue weighted by Gasteiger charge is -2.40. The van der Waals surface area contributed by atoms with Crippen molar-refractivity contribution in [2.75, 3.05) is 6.61 Å². The lowest BCUT2D eigenvalue weighted by atomic mass is 9.70. The zero-order chi connectivity index (χ0) is 19.4. The molecule has 0 aromatic heterocycles. The zero-order valence-corrected chi connectivity index (χ0v) is 18.8. The van der Waals surface area contributed by atoms with Gasteiger partial charge in [0.25, 0.3) is 0 Å². The van der Waals surface area contributed by atoms with Crippen LogP contribution in [0.5, 0.6) is 0 Å². The summed E-state index contributed by atoms with van der Waals surface area (Å²) >= 11 is 0. The van der Waals surface area contributed by atoms with E-state index in [2.05, 4.69) is 54.6 Å². The molecule has 1 fully saturated rings. The summed E-state index contributed by atoms with van der Waals surface area (Å²) < 4.78 is 6.42. The average Bonchev–Trinajstić information content (AvgIpc) is 2.46. The predicted octanol–water partition coefficient (Wildman–Crippen LogP) is 5.64. The van der Waals surface area contributed by atoms with Crippen molar-refractivity contribution < 1.29 is 14.0 Å². The summed E-state index contributed by atoms with van der Waals surface area (Å²) in [5.41, 5.74) is 0. The Kier molecular flexibility index (Phi) is 8.07. The molecule has 3 nitrogen and oxygen atoms in total. The Balaban J connectivity index is 2.77. The van der Waals surface area contributed by atoms with E-state index < -0.39 is 8.32 Å². The van der Waals surface area contributed by atoms with Crippen LogP contribution in [0.15, 0.2) is 0 Å². The minimum atomic E-state index is -1.83. The Hall–Kier alpha value is -0.483. The Morgan fingerprint density at radius 2 is 1.72 bits per heavy atom. The van der Waals surface area contributed by atoms with E-state index in [0.717, 1.165) is 19.3 Å². The van der Waals surface area contributed by atoms with Crippen molar-refractivity contribution in [1.82, 2.24) is 0 Å². The average molecular weight is 369 g/mol. The first-order valence-corrected chi connectivity index (χ1v) is 13.0. The van der Waals surface area contributed by atoms with Gasteiger partial charge >= 0.3 is 0 Å². The Morgan fingerprint density at radius 1 is 1.12 bits per heavy atom. The van der Waals surface area contributed by atoms with Gasteiger partial charge in [-0.1, -0.05) is 54.4 Å². The van der Waals surface area contributed by atoms with Crippen molar-refractivity contribution in [3.8, 4) is 0 Å². The molecule has 0 N–H and O–H groups in total. The van der Waals surface area contributed by atoms with Crippen molar-refractivity contribution >= 4 is 19.9 Å². The third-order valence-electron chi connectivity index (χ3n) is 6.35. The molecule has 0 aromatic carbocycles. The third kappa shape index (κ3) is 6.32. The molecule has 0 aromatic rings. The molecule has 0 aliphatic heterocycles. The molecule has 1 saturated carbocycles. The number of carbonyl (C=O) groups is 2. The van der Waals surface area contributed by atoms with Crippen LogP contribution in [0, 0.1) is 23.7 Å². The second-order valence-corrected chi connectivity index (χ2v) is 14.8. The molecule has 1 aliphatic carbocycles. The highest BCUT2D eigenvalue weighted by Gasteiger charge is 2.43. The fourth-order valence-electron chi connectivity index (χ4n) is 3.49. The van der Waals surface area contributed by atoms with E-state index in [1.807, 2.05) is 0 Å². The van der Waals surface area contributed by atoms with Crippen LogP contribution < -0.4 is 0 Å². The molecule has 0 radical (unpaired) electrons. The fourth-order valence-corrected chi connectivity index (χ4v) is 4.55. The topological polar surface area (TPSA) is 43.4 Å². The molecule has 25 heavy (non-hydrogen) atoms. The van der Waals surface area contributed by atoms with Crippen LogP contribution in [-0.4, -0.2) is 26.5 Å². The highest BCUT2D eigenvalue weighted by molar-refractivity contribution is 6.74. The molecule has 1 rings (SSSR count). The molecule has 0 bridgehead atoms. The number of rotatable bonds is 8. The van der Waals surface area contributed by atoms with Crippen LogP contribution in [-0.2, 0) is 14.0 Å². The van der Waals surface area contributed by atoms with E-state index >= 15 is 0 Å². The monoisotopic (exact) mass is 368 g/mol. The molecule has 146 valence electrons. The van der Waals surface area contributed by atoms with Gasteiger partial charge in [0.1, 0.15) is 0 Å². The lowest BCUT2D eigenvalue weighted by molar-refractivity contribution is -0.144. The summed E-state index contributed by atoms with van der Waals surface area (Å²) in [4.78, 5) is 24.6. The van der Waals surface area contributed by atoms with Crippen LogP contribution in [0.2, 0.25) is 18.1 Å². The first-order chi connectivity index (χ1) is 11.4. The molecule has 0 spiro atoms. The minimum Gasteiger partial charge on any atom is -0.417 e. The van der Waals surface area contributed by atoms with Crippen LogP contribution in [0.1, 0.15) is 73.6 Å². The van der Waals surface area contributed by atoms with Crippen molar-refractivity contribution in [3.63, 3.8) is 0 Å². The maximum absolute atomic E-state index is 12.6. The Morgan fingerprint density at radius 3 is 2.24 bits per heavy atom. The second-order valence-electron chi connectivity index (χ2n) is 9.99. The van der Waals surface area contributed by atoms with E-state index in [9.17, 15) is 9.59 Å². The third-order valence-corrected chi connectivity index (χ3v) is 10.8. The van der Waals surface area contributed by atoms with E-state index in [1.54, 1.807) is 0 Å². The van der Waals surface area contributed by atoms with Crippen LogP contribution in [0.4, 0.5) is 0 Å². The number of hydrogen-bond acceptors (Lipinski definition) is 3. The Labute approximate surface area is 156 Å². The largest absolute Gasteiger partial charge is 0.417 e. The highest BCUT2D eigenvalue weighted by Crippen LogP contribution is 2.39. The molecular weight excluding hydrogens is 328 g/mol. The van der Waals surface area contributed by atoms with Crippen LogP contribution in [0.3, 0.4) is 0 Å². The SMILES string of the molecule is CC(C)CCCC(C)[C@H]1C(=O)C(=O)CC[C@@H]1CO[Si](C)(C)C(C)(C)C. The first kappa shape index (κ1) is 22.6. The maximum Gasteiger partial charge on any atom is 0.202 e. The van der Waals surface area contributed by atoms with Gasteiger partial charge in [0.2, 0.25) is 5.78 Å². The van der Waals surface area contributed by atoms with E-state index in [0.29, 0.717) is 18.9 Å². The van der Waals surface area contributed by atoms with Gasteiger partial charge in [-0.05, 0) is 48.7 Å². The molecule has 1 unspecified atom stereocenters. The molecule has 0 amide bonds. The smallest absolute Gasteiger partial charge is 0.202 e. The maximum atomic E-state index is 12.6. The molecule has 3 atom stereocenters. The molecule has 0 heterocycles. The van der Waals surface area contributed by atoms with Gasteiger partial charge in [0.05, 0.1) is 0 Å². The van der Waals surface area contributed by atoms with Gasteiger partial charge in [0.15, 0.2) is 14.1 Å². The van der Waals surface area contributed by atoms with E-state index in [1.165, 1.54) is 6.42 Å². The van der Waals surface area contributed by atoms with E-state index in [4.69, 9.17) is 4.43 Å². The normalized spacial score (nSPS) is 24.0. The second kappa shape index (κ2) is 8.94. The van der Waals surface area contributed by atoms with Gasteiger partial charge in [0, 0.05) is 18.9 Å². The highest BCUT2D eigenvalue weighted by atomic mass is 28.4. The molecule has 0 saturated heterocycles. The number of Topliss-reactive ketones (excluding diaryl/α,β-unsaturated/α-hetero) is 2. The molecular formula is C21H40O3Si. The summed E-state index contributed by atoms with van der Waals surface area (Å²) in [6.45, 7) is 18.5. The van der Waals surface area contributed by atoms with Crippen molar-refractivity contribution in [2.45, 2.75) is 91.8 Å². The number of carbonyl (C=O) groups excluding carboxylic acids is 2. The van der Waals surface area contributed by atoms with Gasteiger partial charge in [-0.25, -0.2) is 0 Å². The van der Waals surface area contributed by atoms with Gasteiger partial charge in [-0.15, -0.1) is 0 Å². The van der Waals surface area contributed by atoms with Gasteiger partial charge in [-0.3, -0.25) is 9.59 Å². The minimum absolute atomic E-state index is 0.132. The summed E-state index contributed by atoms with van der Waals surface area (Å²) in [5.74, 6) is 0.722. The zero-order valence-electron chi connectivity index (χ0n) is 17.8. The summed E-state index contributed by atoms with van der Waals surface area (Å²) in [6, 6.07) is 0. The Bertz CT molecular complexity index is 462. The summed E-state index contributed by atoms with van der Waals surface area (Å²) in [6.07, 6.45) is 4.55. The van der Waals surface area contributed by atoms with Crippen LogP contribution >= 0.6 is 0 Å². The first-order valence-electron chi connectivity index (χ1n) is 10.1.